The van der Waals surface area contributed by atoms with E-state index in [9.17, 15) is 22.8 Å². The zero-order valence-electron chi connectivity index (χ0n) is 16.8. The Morgan fingerprint density at radius 3 is 2.13 bits per heavy atom. The molecule has 1 saturated carbocycles. The van der Waals surface area contributed by atoms with Crippen molar-refractivity contribution in [2.75, 3.05) is 31.1 Å². The normalized spacial score (nSPS) is 21.6. The highest BCUT2D eigenvalue weighted by molar-refractivity contribution is 5.82. The monoisotopic (exact) mass is 424 g/mol. The quantitative estimate of drug-likeness (QED) is 0.807. The maximum atomic E-state index is 12.7. The van der Waals surface area contributed by atoms with Crippen molar-refractivity contribution in [1.82, 2.24) is 15.2 Å². The molecule has 0 spiro atoms. The van der Waals surface area contributed by atoms with Crippen LogP contribution in [0.5, 0.6) is 0 Å². The summed E-state index contributed by atoms with van der Waals surface area (Å²) in [5.41, 5.74) is -0.752. The zero-order chi connectivity index (χ0) is 21.3. The number of hydrogen-bond donors (Lipinski definition) is 1. The fraction of sp³-hybridized carbons (Fsp3) is 0.667. The van der Waals surface area contributed by atoms with Crippen molar-refractivity contribution in [3.05, 3.63) is 23.9 Å². The van der Waals surface area contributed by atoms with E-state index in [1.807, 2.05) is 9.80 Å². The van der Waals surface area contributed by atoms with Gasteiger partial charge in [-0.1, -0.05) is 0 Å². The maximum Gasteiger partial charge on any atom is 0.417 e. The molecule has 3 fully saturated rings. The van der Waals surface area contributed by atoms with E-state index in [-0.39, 0.29) is 29.7 Å². The van der Waals surface area contributed by atoms with Gasteiger partial charge in [-0.05, 0) is 50.7 Å². The molecule has 9 heteroatoms. The first-order valence-electron chi connectivity index (χ1n) is 10.7. The lowest BCUT2D eigenvalue weighted by Crippen LogP contribution is -2.49. The van der Waals surface area contributed by atoms with Crippen LogP contribution in [0, 0.1) is 11.8 Å². The van der Waals surface area contributed by atoms with Gasteiger partial charge in [-0.25, -0.2) is 4.98 Å². The van der Waals surface area contributed by atoms with Gasteiger partial charge in [-0.15, -0.1) is 0 Å². The Morgan fingerprint density at radius 2 is 1.60 bits per heavy atom. The molecular formula is C21H27F3N4O2. The summed E-state index contributed by atoms with van der Waals surface area (Å²) in [6, 6.07) is 2.52. The highest BCUT2D eigenvalue weighted by Crippen LogP contribution is 2.33. The van der Waals surface area contributed by atoms with E-state index in [4.69, 9.17) is 0 Å². The molecule has 2 aliphatic heterocycles. The number of rotatable bonds is 4. The second-order valence-corrected chi connectivity index (χ2v) is 8.55. The van der Waals surface area contributed by atoms with Crippen molar-refractivity contribution in [1.29, 1.82) is 0 Å². The number of alkyl halides is 3. The van der Waals surface area contributed by atoms with Crippen LogP contribution in [0.4, 0.5) is 19.0 Å². The standard InChI is InChI=1S/C21H27F3N4O2/c22-21(23,24)16-3-4-18(25-13-16)27-11-7-17(8-12-27)26-19(29)14-5-9-28(10-6-14)20(30)15-1-2-15/h3-4,13-15,17H,1-2,5-12H2,(H,26,29). The number of nitrogens with one attached hydrogen (secondary N) is 1. The number of carbonyl (C=O) groups is 2. The number of anilines is 1. The van der Waals surface area contributed by atoms with Gasteiger partial charge >= 0.3 is 6.18 Å². The van der Waals surface area contributed by atoms with Crippen LogP contribution in [0.3, 0.4) is 0 Å². The summed E-state index contributed by atoms with van der Waals surface area (Å²) in [5.74, 6) is 1.00. The van der Waals surface area contributed by atoms with Crippen molar-refractivity contribution < 1.29 is 22.8 Å². The average molecular weight is 424 g/mol. The van der Waals surface area contributed by atoms with E-state index in [1.54, 1.807) is 0 Å². The van der Waals surface area contributed by atoms with E-state index in [1.165, 1.54) is 6.07 Å². The summed E-state index contributed by atoms with van der Waals surface area (Å²) in [6.07, 6.45) is 1.35. The molecule has 0 atom stereocenters. The van der Waals surface area contributed by atoms with E-state index in [0.717, 1.165) is 37.9 Å². The minimum absolute atomic E-state index is 0.0529. The number of pyridine rings is 1. The molecule has 30 heavy (non-hydrogen) atoms. The van der Waals surface area contributed by atoms with Crippen LogP contribution < -0.4 is 10.2 Å². The number of piperidine rings is 2. The molecule has 3 heterocycles. The van der Waals surface area contributed by atoms with E-state index in [2.05, 4.69) is 10.3 Å². The summed E-state index contributed by atoms with van der Waals surface area (Å²) in [6.45, 7) is 2.59. The average Bonchev–Trinajstić information content (AvgIpc) is 3.59. The molecule has 2 saturated heterocycles. The molecule has 0 bridgehead atoms. The van der Waals surface area contributed by atoms with Crippen LogP contribution in [-0.2, 0) is 15.8 Å². The lowest BCUT2D eigenvalue weighted by Gasteiger charge is -2.35. The highest BCUT2D eigenvalue weighted by atomic mass is 19.4. The van der Waals surface area contributed by atoms with Gasteiger partial charge < -0.3 is 15.1 Å². The molecule has 1 aromatic rings. The molecule has 2 amide bonds. The third kappa shape index (κ3) is 4.87. The van der Waals surface area contributed by atoms with Crippen LogP contribution in [-0.4, -0.2) is 53.9 Å². The Hall–Kier alpha value is -2.32. The van der Waals surface area contributed by atoms with Crippen molar-refractivity contribution in [2.24, 2.45) is 11.8 Å². The topological polar surface area (TPSA) is 65.5 Å². The van der Waals surface area contributed by atoms with Gasteiger partial charge in [-0.2, -0.15) is 13.2 Å². The first kappa shape index (κ1) is 20.9. The Bertz CT molecular complexity index is 763. The van der Waals surface area contributed by atoms with E-state index >= 15 is 0 Å². The lowest BCUT2D eigenvalue weighted by atomic mass is 9.94. The fourth-order valence-corrected chi connectivity index (χ4v) is 4.26. The molecule has 0 aromatic carbocycles. The second-order valence-electron chi connectivity index (χ2n) is 8.55. The van der Waals surface area contributed by atoms with Crippen molar-refractivity contribution in [3.63, 3.8) is 0 Å². The molecule has 164 valence electrons. The smallest absolute Gasteiger partial charge is 0.356 e. The number of hydrogen-bond acceptors (Lipinski definition) is 4. The van der Waals surface area contributed by atoms with Gasteiger partial charge in [0.15, 0.2) is 0 Å². The molecule has 0 unspecified atom stereocenters. The molecule has 3 aliphatic rings. The Morgan fingerprint density at radius 1 is 0.933 bits per heavy atom. The van der Waals surface area contributed by atoms with E-state index in [0.29, 0.717) is 44.8 Å². The third-order valence-electron chi connectivity index (χ3n) is 6.34. The van der Waals surface area contributed by atoms with Gasteiger partial charge in [0, 0.05) is 50.3 Å². The van der Waals surface area contributed by atoms with Gasteiger partial charge in [0.2, 0.25) is 11.8 Å². The summed E-state index contributed by atoms with van der Waals surface area (Å²) in [5, 5.41) is 3.13. The summed E-state index contributed by atoms with van der Waals surface area (Å²) in [7, 11) is 0. The largest absolute Gasteiger partial charge is 0.417 e. The zero-order valence-corrected chi connectivity index (χ0v) is 16.8. The predicted octanol–water partition coefficient (Wildman–Crippen LogP) is 2.83. The number of likely N-dealkylation sites (tertiary alicyclic amines) is 1. The molecule has 6 nitrogen and oxygen atoms in total. The summed E-state index contributed by atoms with van der Waals surface area (Å²) < 4.78 is 38.0. The first-order valence-corrected chi connectivity index (χ1v) is 10.7. The first-order chi connectivity index (χ1) is 14.3. The fourth-order valence-electron chi connectivity index (χ4n) is 4.26. The molecule has 4 rings (SSSR count). The SMILES string of the molecule is O=C(NC1CCN(c2ccc(C(F)(F)F)cn2)CC1)C1CCN(C(=O)C2CC2)CC1. The molecule has 1 aliphatic carbocycles. The van der Waals surface area contributed by atoms with Crippen molar-refractivity contribution >= 4 is 17.6 Å². The molecular weight excluding hydrogens is 397 g/mol. The number of amides is 2. The second kappa shape index (κ2) is 8.43. The van der Waals surface area contributed by atoms with E-state index < -0.39 is 11.7 Å². The van der Waals surface area contributed by atoms with Crippen LogP contribution in [0.2, 0.25) is 0 Å². The van der Waals surface area contributed by atoms with Crippen LogP contribution in [0.25, 0.3) is 0 Å². The van der Waals surface area contributed by atoms with Crippen molar-refractivity contribution in [2.45, 2.75) is 50.7 Å². The number of nitrogens with zero attached hydrogens (tertiary/aromatic N) is 3. The number of halogens is 3. The van der Waals surface area contributed by atoms with Gasteiger partial charge in [0.25, 0.3) is 0 Å². The number of aromatic nitrogens is 1. The Balaban J connectivity index is 1.21. The molecule has 1 N–H and O–H groups in total. The predicted molar refractivity (Wildman–Crippen MR) is 105 cm³/mol. The van der Waals surface area contributed by atoms with Crippen LogP contribution in [0.15, 0.2) is 18.3 Å². The molecule has 1 aromatic heterocycles. The van der Waals surface area contributed by atoms with Gasteiger partial charge in [-0.3, -0.25) is 9.59 Å². The van der Waals surface area contributed by atoms with Gasteiger partial charge in [0.1, 0.15) is 5.82 Å². The molecule has 0 radical (unpaired) electrons. The maximum absolute atomic E-state index is 12.7. The summed E-state index contributed by atoms with van der Waals surface area (Å²) >= 11 is 0. The van der Waals surface area contributed by atoms with Gasteiger partial charge in [0.05, 0.1) is 5.56 Å². The van der Waals surface area contributed by atoms with Crippen LogP contribution in [0.1, 0.15) is 44.1 Å². The minimum Gasteiger partial charge on any atom is -0.356 e. The minimum atomic E-state index is -4.38. The summed E-state index contributed by atoms with van der Waals surface area (Å²) in [4.78, 5) is 32.6. The van der Waals surface area contributed by atoms with Crippen LogP contribution >= 0.6 is 0 Å². The Labute approximate surface area is 173 Å². The van der Waals surface area contributed by atoms with Crippen molar-refractivity contribution in [3.8, 4) is 0 Å². The lowest BCUT2D eigenvalue weighted by molar-refractivity contribution is -0.138. The highest BCUT2D eigenvalue weighted by Gasteiger charge is 2.36. The third-order valence-corrected chi connectivity index (χ3v) is 6.34. The number of carbonyl (C=O) groups excluding carboxylic acids is 2. The Kier molecular flexibility index (Phi) is 5.88.